The first-order valence-corrected chi connectivity index (χ1v) is 2.99. The third-order valence-electron chi connectivity index (χ3n) is 1.37. The van der Waals surface area contributed by atoms with Gasteiger partial charge in [0.25, 0.3) is 0 Å². The lowest BCUT2D eigenvalue weighted by molar-refractivity contribution is -0.138. The number of carbonyl (C=O) groups excluding carboxylic acids is 1. The van der Waals surface area contributed by atoms with E-state index in [9.17, 15) is 9.59 Å². The summed E-state index contributed by atoms with van der Waals surface area (Å²) in [6.45, 7) is 2.77. The maximum Gasteiger partial charge on any atom is 0.333 e. The summed E-state index contributed by atoms with van der Waals surface area (Å²) in [5.74, 6) is -1.71. The van der Waals surface area contributed by atoms with Crippen LogP contribution in [-0.4, -0.2) is 24.2 Å². The molecule has 11 heavy (non-hydrogen) atoms. The zero-order valence-corrected chi connectivity index (χ0v) is 6.67. The standard InChI is InChI=1S/C7H10O4/c1-4(6(8)9)5(2)7(10)11-3/h1-3H3,(H,8,9)/b5-4-. The topological polar surface area (TPSA) is 63.6 Å². The molecule has 0 aliphatic carbocycles. The van der Waals surface area contributed by atoms with Crippen LogP contribution >= 0.6 is 0 Å². The minimum atomic E-state index is -1.10. The first-order valence-electron chi connectivity index (χ1n) is 2.99. The smallest absolute Gasteiger partial charge is 0.333 e. The highest BCUT2D eigenvalue weighted by Crippen LogP contribution is 2.04. The van der Waals surface area contributed by atoms with Gasteiger partial charge in [-0.25, -0.2) is 9.59 Å². The maximum atomic E-state index is 10.7. The van der Waals surface area contributed by atoms with Gasteiger partial charge in [0.1, 0.15) is 0 Å². The number of rotatable bonds is 2. The van der Waals surface area contributed by atoms with Crippen LogP contribution in [0.15, 0.2) is 11.1 Å². The Morgan fingerprint density at radius 1 is 1.18 bits per heavy atom. The van der Waals surface area contributed by atoms with Crippen molar-refractivity contribution in [3.05, 3.63) is 11.1 Å². The number of carbonyl (C=O) groups is 2. The van der Waals surface area contributed by atoms with Crippen LogP contribution in [0.4, 0.5) is 0 Å². The zero-order valence-electron chi connectivity index (χ0n) is 6.67. The van der Waals surface area contributed by atoms with Crippen molar-refractivity contribution >= 4 is 11.9 Å². The minimum absolute atomic E-state index is 0.0110. The van der Waals surface area contributed by atoms with Crippen LogP contribution in [0.5, 0.6) is 0 Å². The fourth-order valence-electron chi connectivity index (χ4n) is 0.467. The van der Waals surface area contributed by atoms with Gasteiger partial charge < -0.3 is 9.84 Å². The largest absolute Gasteiger partial charge is 0.478 e. The molecule has 0 aromatic rings. The number of carboxylic acids is 1. The average molecular weight is 158 g/mol. The molecule has 0 aromatic heterocycles. The van der Waals surface area contributed by atoms with E-state index in [1.54, 1.807) is 0 Å². The molecule has 0 rings (SSSR count). The Hall–Kier alpha value is -1.32. The lowest BCUT2D eigenvalue weighted by Gasteiger charge is -2.00. The first-order chi connectivity index (χ1) is 5.00. The van der Waals surface area contributed by atoms with Crippen molar-refractivity contribution in [3.63, 3.8) is 0 Å². The summed E-state index contributed by atoms with van der Waals surface area (Å²) < 4.78 is 4.32. The molecule has 0 atom stereocenters. The first kappa shape index (κ1) is 9.68. The van der Waals surface area contributed by atoms with Crippen molar-refractivity contribution in [3.8, 4) is 0 Å². The molecule has 0 aliphatic rings. The molecule has 4 heteroatoms. The molecule has 0 radical (unpaired) electrons. The van der Waals surface area contributed by atoms with E-state index in [4.69, 9.17) is 5.11 Å². The van der Waals surface area contributed by atoms with Crippen molar-refractivity contribution in [2.24, 2.45) is 0 Å². The van der Waals surface area contributed by atoms with Crippen molar-refractivity contribution in [1.29, 1.82) is 0 Å². The highest BCUT2D eigenvalue weighted by molar-refractivity contribution is 5.98. The Morgan fingerprint density at radius 3 is 1.91 bits per heavy atom. The molecular formula is C7H10O4. The molecule has 0 saturated heterocycles. The van der Waals surface area contributed by atoms with E-state index in [0.29, 0.717) is 0 Å². The van der Waals surface area contributed by atoms with Crippen LogP contribution in [0, 0.1) is 0 Å². The summed E-state index contributed by atoms with van der Waals surface area (Å²) in [6, 6.07) is 0. The number of hydrogen-bond donors (Lipinski definition) is 1. The van der Waals surface area contributed by atoms with Gasteiger partial charge in [-0.15, -0.1) is 0 Å². The predicted octanol–water partition coefficient (Wildman–Crippen LogP) is 0.580. The molecule has 0 amide bonds. The van der Waals surface area contributed by atoms with E-state index in [0.717, 1.165) is 0 Å². The average Bonchev–Trinajstić information content (AvgIpc) is 2.00. The van der Waals surface area contributed by atoms with Gasteiger partial charge in [-0.3, -0.25) is 0 Å². The maximum absolute atomic E-state index is 10.7. The lowest BCUT2D eigenvalue weighted by atomic mass is 10.1. The molecule has 62 valence electrons. The second-order valence-electron chi connectivity index (χ2n) is 2.05. The van der Waals surface area contributed by atoms with Gasteiger partial charge >= 0.3 is 11.9 Å². The summed E-state index contributed by atoms with van der Waals surface area (Å²) in [6.07, 6.45) is 0. The summed E-state index contributed by atoms with van der Waals surface area (Å²) in [5.41, 5.74) is 0.136. The SMILES string of the molecule is COC(=O)/C(C)=C(/C)C(=O)O. The van der Waals surface area contributed by atoms with E-state index in [2.05, 4.69) is 4.74 Å². The molecule has 1 N–H and O–H groups in total. The van der Waals surface area contributed by atoms with Gasteiger partial charge in [0.05, 0.1) is 7.11 Å². The second kappa shape index (κ2) is 3.75. The second-order valence-corrected chi connectivity index (χ2v) is 2.05. The van der Waals surface area contributed by atoms with Crippen molar-refractivity contribution in [2.45, 2.75) is 13.8 Å². The minimum Gasteiger partial charge on any atom is -0.478 e. The van der Waals surface area contributed by atoms with E-state index >= 15 is 0 Å². The highest BCUT2D eigenvalue weighted by Gasteiger charge is 2.11. The lowest BCUT2D eigenvalue weighted by Crippen LogP contribution is -2.08. The quantitative estimate of drug-likeness (QED) is 0.471. The predicted molar refractivity (Wildman–Crippen MR) is 38.0 cm³/mol. The Labute approximate surface area is 64.5 Å². The Morgan fingerprint density at radius 2 is 1.64 bits per heavy atom. The number of carboxylic acid groups (broad SMARTS) is 1. The van der Waals surface area contributed by atoms with Gasteiger partial charge in [-0.1, -0.05) is 0 Å². The van der Waals surface area contributed by atoms with Gasteiger partial charge in [-0.2, -0.15) is 0 Å². The Bertz CT molecular complexity index is 214. The molecule has 4 nitrogen and oxygen atoms in total. The van der Waals surface area contributed by atoms with E-state index < -0.39 is 11.9 Å². The van der Waals surface area contributed by atoms with E-state index in [1.165, 1.54) is 21.0 Å². The summed E-state index contributed by atoms with van der Waals surface area (Å²) in [5, 5.41) is 8.43. The molecule has 0 heterocycles. The fraction of sp³-hybridized carbons (Fsp3) is 0.429. The molecule has 0 bridgehead atoms. The van der Waals surface area contributed by atoms with Gasteiger partial charge in [0, 0.05) is 11.1 Å². The van der Waals surface area contributed by atoms with Crippen molar-refractivity contribution in [1.82, 2.24) is 0 Å². The molecule has 0 spiro atoms. The molecule has 0 fully saturated rings. The number of esters is 1. The Balaban J connectivity index is 4.66. The fourth-order valence-corrected chi connectivity index (χ4v) is 0.467. The van der Waals surface area contributed by atoms with Gasteiger partial charge in [0.15, 0.2) is 0 Å². The van der Waals surface area contributed by atoms with Crippen LogP contribution in [0.2, 0.25) is 0 Å². The third kappa shape index (κ3) is 2.41. The highest BCUT2D eigenvalue weighted by atomic mass is 16.5. The number of aliphatic carboxylic acids is 1. The van der Waals surface area contributed by atoms with E-state index in [1.807, 2.05) is 0 Å². The normalized spacial score (nSPS) is 11.9. The van der Waals surface area contributed by atoms with Gasteiger partial charge in [0.2, 0.25) is 0 Å². The number of methoxy groups -OCH3 is 1. The van der Waals surface area contributed by atoms with Crippen LogP contribution in [-0.2, 0) is 14.3 Å². The Kier molecular flexibility index (Phi) is 3.30. The van der Waals surface area contributed by atoms with Crippen LogP contribution in [0.1, 0.15) is 13.8 Å². The number of hydrogen-bond acceptors (Lipinski definition) is 3. The van der Waals surface area contributed by atoms with Crippen LogP contribution in [0.3, 0.4) is 0 Å². The third-order valence-corrected chi connectivity index (χ3v) is 1.37. The monoisotopic (exact) mass is 158 g/mol. The van der Waals surface area contributed by atoms with Crippen LogP contribution < -0.4 is 0 Å². The molecule has 0 aliphatic heterocycles. The summed E-state index contributed by atoms with van der Waals surface area (Å²) in [4.78, 5) is 21.0. The van der Waals surface area contributed by atoms with Gasteiger partial charge in [-0.05, 0) is 13.8 Å². The zero-order chi connectivity index (χ0) is 9.02. The number of ether oxygens (including phenoxy) is 1. The molecular weight excluding hydrogens is 148 g/mol. The van der Waals surface area contributed by atoms with Crippen molar-refractivity contribution in [2.75, 3.05) is 7.11 Å². The molecule has 0 unspecified atom stereocenters. The van der Waals surface area contributed by atoms with Crippen LogP contribution in [0.25, 0.3) is 0 Å². The van der Waals surface area contributed by atoms with E-state index in [-0.39, 0.29) is 11.1 Å². The molecule has 0 saturated carbocycles. The van der Waals surface area contributed by atoms with Crippen molar-refractivity contribution < 1.29 is 19.4 Å². The summed E-state index contributed by atoms with van der Waals surface area (Å²) >= 11 is 0. The summed E-state index contributed by atoms with van der Waals surface area (Å²) in [7, 11) is 1.21. The molecule has 0 aromatic carbocycles.